The van der Waals surface area contributed by atoms with Crippen LogP contribution in [0.15, 0.2) is 53.0 Å². The first-order valence-corrected chi connectivity index (χ1v) is 6.56. The summed E-state index contributed by atoms with van der Waals surface area (Å²) in [5.41, 5.74) is 2.29. The van der Waals surface area contributed by atoms with E-state index in [1.807, 2.05) is 43.4 Å². The molecular formula is C14H13BrClN. The van der Waals surface area contributed by atoms with Gasteiger partial charge in [-0.15, -0.1) is 0 Å². The van der Waals surface area contributed by atoms with Crippen LogP contribution in [0.2, 0.25) is 5.02 Å². The van der Waals surface area contributed by atoms with Crippen molar-refractivity contribution in [3.05, 3.63) is 69.2 Å². The Kier molecular flexibility index (Phi) is 4.21. The van der Waals surface area contributed by atoms with E-state index in [9.17, 15) is 0 Å². The maximum atomic E-state index is 6.28. The zero-order valence-corrected chi connectivity index (χ0v) is 11.8. The van der Waals surface area contributed by atoms with Gasteiger partial charge in [0.15, 0.2) is 0 Å². The number of hydrogen-bond donors (Lipinski definition) is 1. The van der Waals surface area contributed by atoms with Crippen molar-refractivity contribution in [1.29, 1.82) is 0 Å². The summed E-state index contributed by atoms with van der Waals surface area (Å²) in [6.45, 7) is 0. The highest BCUT2D eigenvalue weighted by Crippen LogP contribution is 2.30. The van der Waals surface area contributed by atoms with E-state index in [0.29, 0.717) is 0 Å². The van der Waals surface area contributed by atoms with Gasteiger partial charge in [-0.05, 0) is 30.3 Å². The van der Waals surface area contributed by atoms with E-state index >= 15 is 0 Å². The Bertz CT molecular complexity index is 499. The summed E-state index contributed by atoms with van der Waals surface area (Å²) < 4.78 is 0.995. The summed E-state index contributed by atoms with van der Waals surface area (Å²) in [6.07, 6.45) is 0. The molecule has 0 fully saturated rings. The molecule has 1 atom stereocenters. The van der Waals surface area contributed by atoms with Gasteiger partial charge in [-0.2, -0.15) is 0 Å². The Hall–Kier alpha value is -0.830. The Morgan fingerprint density at radius 2 is 1.82 bits per heavy atom. The van der Waals surface area contributed by atoms with Gasteiger partial charge in [-0.25, -0.2) is 0 Å². The predicted molar refractivity (Wildman–Crippen MR) is 76.5 cm³/mol. The SMILES string of the molecule is CNC(c1ccccc1)c1ccc(Br)cc1Cl. The van der Waals surface area contributed by atoms with Crippen molar-refractivity contribution in [2.45, 2.75) is 6.04 Å². The summed E-state index contributed by atoms with van der Waals surface area (Å²) in [7, 11) is 1.94. The highest BCUT2D eigenvalue weighted by Gasteiger charge is 2.14. The number of nitrogens with one attached hydrogen (secondary N) is 1. The smallest absolute Gasteiger partial charge is 0.0589 e. The van der Waals surface area contributed by atoms with Crippen molar-refractivity contribution < 1.29 is 0 Å². The first kappa shape index (κ1) is 12.6. The average molecular weight is 311 g/mol. The molecule has 0 radical (unpaired) electrons. The minimum Gasteiger partial charge on any atom is -0.309 e. The summed E-state index contributed by atoms with van der Waals surface area (Å²) in [4.78, 5) is 0. The third kappa shape index (κ3) is 2.89. The van der Waals surface area contributed by atoms with Gasteiger partial charge in [0.2, 0.25) is 0 Å². The molecule has 0 bridgehead atoms. The molecule has 2 aromatic carbocycles. The van der Waals surface area contributed by atoms with E-state index in [-0.39, 0.29) is 6.04 Å². The highest BCUT2D eigenvalue weighted by atomic mass is 79.9. The van der Waals surface area contributed by atoms with Crippen LogP contribution in [0.4, 0.5) is 0 Å². The molecule has 0 aliphatic carbocycles. The van der Waals surface area contributed by atoms with E-state index in [1.54, 1.807) is 0 Å². The minimum absolute atomic E-state index is 0.122. The van der Waals surface area contributed by atoms with Gasteiger partial charge < -0.3 is 5.32 Å². The molecule has 3 heteroatoms. The molecule has 0 heterocycles. The Morgan fingerprint density at radius 3 is 2.41 bits per heavy atom. The molecule has 0 aromatic heterocycles. The van der Waals surface area contributed by atoms with Crippen LogP contribution in [0.3, 0.4) is 0 Å². The molecule has 1 nitrogen and oxygen atoms in total. The largest absolute Gasteiger partial charge is 0.309 e. The number of rotatable bonds is 3. The molecule has 0 aliphatic heterocycles. The van der Waals surface area contributed by atoms with Crippen molar-refractivity contribution in [3.63, 3.8) is 0 Å². The highest BCUT2D eigenvalue weighted by molar-refractivity contribution is 9.10. The van der Waals surface area contributed by atoms with Gasteiger partial charge >= 0.3 is 0 Å². The lowest BCUT2D eigenvalue weighted by molar-refractivity contribution is 0.692. The van der Waals surface area contributed by atoms with Crippen LogP contribution >= 0.6 is 27.5 Å². The third-order valence-electron chi connectivity index (χ3n) is 2.70. The zero-order chi connectivity index (χ0) is 12.3. The van der Waals surface area contributed by atoms with Crippen molar-refractivity contribution >= 4 is 27.5 Å². The van der Waals surface area contributed by atoms with Crippen LogP contribution in [0.5, 0.6) is 0 Å². The van der Waals surface area contributed by atoms with Crippen molar-refractivity contribution in [2.75, 3.05) is 7.05 Å². The maximum Gasteiger partial charge on any atom is 0.0589 e. The normalized spacial score (nSPS) is 12.4. The van der Waals surface area contributed by atoms with E-state index in [4.69, 9.17) is 11.6 Å². The Labute approximate surface area is 115 Å². The fourth-order valence-corrected chi connectivity index (χ4v) is 2.67. The third-order valence-corrected chi connectivity index (χ3v) is 3.52. The van der Waals surface area contributed by atoms with Gasteiger partial charge in [-0.3, -0.25) is 0 Å². The van der Waals surface area contributed by atoms with E-state index < -0.39 is 0 Å². The molecule has 88 valence electrons. The zero-order valence-electron chi connectivity index (χ0n) is 9.45. The minimum atomic E-state index is 0.122. The molecule has 0 saturated heterocycles. The topological polar surface area (TPSA) is 12.0 Å². The van der Waals surface area contributed by atoms with Crippen molar-refractivity contribution in [1.82, 2.24) is 5.32 Å². The molecule has 0 saturated carbocycles. The molecule has 0 aliphatic rings. The molecule has 0 amide bonds. The lowest BCUT2D eigenvalue weighted by Gasteiger charge is -2.18. The van der Waals surface area contributed by atoms with Crippen LogP contribution in [-0.4, -0.2) is 7.05 Å². The molecule has 2 aromatic rings. The van der Waals surface area contributed by atoms with Gasteiger partial charge in [0.1, 0.15) is 0 Å². The first-order chi connectivity index (χ1) is 8.22. The van der Waals surface area contributed by atoms with E-state index in [1.165, 1.54) is 5.56 Å². The van der Waals surface area contributed by atoms with Gasteiger partial charge in [0, 0.05) is 9.50 Å². The van der Waals surface area contributed by atoms with Crippen molar-refractivity contribution in [3.8, 4) is 0 Å². The molecule has 0 spiro atoms. The van der Waals surface area contributed by atoms with E-state index in [0.717, 1.165) is 15.1 Å². The Balaban J connectivity index is 2.42. The Morgan fingerprint density at radius 1 is 1.12 bits per heavy atom. The van der Waals surface area contributed by atoms with Gasteiger partial charge in [0.05, 0.1) is 6.04 Å². The summed E-state index contributed by atoms with van der Waals surface area (Å²) in [5, 5.41) is 4.06. The fraction of sp³-hybridized carbons (Fsp3) is 0.143. The van der Waals surface area contributed by atoms with Crippen LogP contribution in [-0.2, 0) is 0 Å². The van der Waals surface area contributed by atoms with Crippen LogP contribution < -0.4 is 5.32 Å². The second-order valence-electron chi connectivity index (χ2n) is 3.80. The summed E-state index contributed by atoms with van der Waals surface area (Å²) in [5.74, 6) is 0. The maximum absolute atomic E-state index is 6.28. The average Bonchev–Trinajstić information content (AvgIpc) is 2.34. The van der Waals surface area contributed by atoms with Crippen molar-refractivity contribution in [2.24, 2.45) is 0 Å². The molecule has 1 N–H and O–H groups in total. The second-order valence-corrected chi connectivity index (χ2v) is 5.12. The lowest BCUT2D eigenvalue weighted by Crippen LogP contribution is -2.17. The lowest BCUT2D eigenvalue weighted by atomic mass is 9.99. The van der Waals surface area contributed by atoms with E-state index in [2.05, 4.69) is 33.4 Å². The quantitative estimate of drug-likeness (QED) is 0.885. The van der Waals surface area contributed by atoms with Crippen LogP contribution in [0.1, 0.15) is 17.2 Å². The van der Waals surface area contributed by atoms with Gasteiger partial charge in [0.25, 0.3) is 0 Å². The number of hydrogen-bond acceptors (Lipinski definition) is 1. The molecule has 17 heavy (non-hydrogen) atoms. The predicted octanol–water partition coefficient (Wildman–Crippen LogP) is 4.41. The standard InChI is InChI=1S/C14H13BrClN/c1-17-14(10-5-3-2-4-6-10)12-8-7-11(15)9-13(12)16/h2-9,14,17H,1H3. The fourth-order valence-electron chi connectivity index (χ4n) is 1.88. The van der Waals surface area contributed by atoms with Crippen LogP contribution in [0, 0.1) is 0 Å². The molecular weight excluding hydrogens is 298 g/mol. The summed E-state index contributed by atoms with van der Waals surface area (Å²) in [6, 6.07) is 16.4. The summed E-state index contributed by atoms with van der Waals surface area (Å²) >= 11 is 9.70. The molecule has 1 unspecified atom stereocenters. The van der Waals surface area contributed by atoms with Gasteiger partial charge in [-0.1, -0.05) is 63.9 Å². The second kappa shape index (κ2) is 5.67. The monoisotopic (exact) mass is 309 g/mol. The first-order valence-electron chi connectivity index (χ1n) is 5.39. The molecule has 2 rings (SSSR count). The van der Waals surface area contributed by atoms with Crippen LogP contribution in [0.25, 0.3) is 0 Å². The number of benzene rings is 2. The number of halogens is 2.